The maximum atomic E-state index is 12.8. The maximum Gasteiger partial charge on any atom is 0.417 e. The Bertz CT molecular complexity index is 1050. The highest BCUT2D eigenvalue weighted by molar-refractivity contribution is 7.92. The lowest BCUT2D eigenvalue weighted by atomic mass is 10.1. The first-order chi connectivity index (χ1) is 12.6. The summed E-state index contributed by atoms with van der Waals surface area (Å²) in [5.74, 6) is 0.0637. The molecule has 27 heavy (non-hydrogen) atoms. The Morgan fingerprint density at radius 1 is 1.04 bits per heavy atom. The first-order valence-electron chi connectivity index (χ1n) is 7.88. The number of alkyl halides is 3. The molecule has 142 valence electrons. The molecular formula is C18H16F3N3O2S. The number of aromatic nitrogens is 2. The summed E-state index contributed by atoms with van der Waals surface area (Å²) in [5.41, 5.74) is 1.29. The van der Waals surface area contributed by atoms with Gasteiger partial charge in [-0.1, -0.05) is 6.07 Å². The van der Waals surface area contributed by atoms with Gasteiger partial charge in [-0.15, -0.1) is 0 Å². The van der Waals surface area contributed by atoms with Gasteiger partial charge in [0.05, 0.1) is 5.56 Å². The molecule has 0 fully saturated rings. The molecule has 0 unspecified atom stereocenters. The minimum atomic E-state index is -4.51. The third-order valence-electron chi connectivity index (χ3n) is 3.78. The van der Waals surface area contributed by atoms with Crippen LogP contribution in [-0.2, 0) is 16.2 Å². The maximum absolute atomic E-state index is 12.8. The van der Waals surface area contributed by atoms with Crippen molar-refractivity contribution in [1.82, 2.24) is 9.55 Å². The summed E-state index contributed by atoms with van der Waals surface area (Å²) in [5, 5.41) is -0.131. The molecule has 2 heterocycles. The van der Waals surface area contributed by atoms with Crippen LogP contribution in [0.2, 0.25) is 0 Å². The molecule has 3 aromatic rings. The first-order valence-corrected chi connectivity index (χ1v) is 9.37. The van der Waals surface area contributed by atoms with Crippen LogP contribution < -0.4 is 4.72 Å². The van der Waals surface area contributed by atoms with Gasteiger partial charge in [-0.25, -0.2) is 4.98 Å². The molecule has 1 N–H and O–H groups in total. The van der Waals surface area contributed by atoms with Crippen LogP contribution in [0.3, 0.4) is 0 Å². The van der Waals surface area contributed by atoms with Gasteiger partial charge in [0.15, 0.2) is 5.03 Å². The quantitative estimate of drug-likeness (QED) is 0.716. The number of rotatable bonds is 4. The van der Waals surface area contributed by atoms with Crippen molar-refractivity contribution in [3.05, 3.63) is 71.5 Å². The highest BCUT2D eigenvalue weighted by Gasteiger charge is 2.31. The van der Waals surface area contributed by atoms with Crippen molar-refractivity contribution in [2.75, 3.05) is 4.72 Å². The standard InChI is InChI=1S/C18H16F3N3O2S/c1-12-8-13(2)10-15(9-12)23-27(25,26)17-4-3-7-24(17)16-6-5-14(11-22-16)18(19,20)21/h3-11,23H,1-2H3. The van der Waals surface area contributed by atoms with E-state index in [2.05, 4.69) is 9.71 Å². The Labute approximate surface area is 154 Å². The third kappa shape index (κ3) is 4.13. The summed E-state index contributed by atoms with van der Waals surface area (Å²) in [6.45, 7) is 3.69. The van der Waals surface area contributed by atoms with E-state index in [1.54, 1.807) is 12.1 Å². The second-order valence-electron chi connectivity index (χ2n) is 6.10. The number of halogens is 3. The van der Waals surface area contributed by atoms with Crippen molar-refractivity contribution in [2.24, 2.45) is 0 Å². The molecule has 1 aromatic carbocycles. The van der Waals surface area contributed by atoms with Crippen LogP contribution in [0.1, 0.15) is 16.7 Å². The number of sulfonamides is 1. The van der Waals surface area contributed by atoms with Gasteiger partial charge < -0.3 is 0 Å². The monoisotopic (exact) mass is 395 g/mol. The molecule has 0 amide bonds. The summed E-state index contributed by atoms with van der Waals surface area (Å²) in [6.07, 6.45) is -2.42. The normalized spacial score (nSPS) is 12.2. The van der Waals surface area contributed by atoms with E-state index in [4.69, 9.17) is 0 Å². The van der Waals surface area contributed by atoms with Gasteiger partial charge in [0.2, 0.25) is 0 Å². The lowest BCUT2D eigenvalue weighted by Crippen LogP contribution is -2.17. The van der Waals surface area contributed by atoms with Crippen LogP contribution in [-0.4, -0.2) is 18.0 Å². The minimum absolute atomic E-state index is 0.0637. The van der Waals surface area contributed by atoms with Crippen molar-refractivity contribution in [2.45, 2.75) is 25.0 Å². The molecule has 0 aliphatic rings. The SMILES string of the molecule is Cc1cc(C)cc(NS(=O)(=O)c2cccn2-c2ccc(C(F)(F)F)cn2)c1. The summed E-state index contributed by atoms with van der Waals surface area (Å²) in [4.78, 5) is 3.75. The second-order valence-corrected chi connectivity index (χ2v) is 7.73. The molecule has 0 aliphatic carbocycles. The average Bonchev–Trinajstić information content (AvgIpc) is 3.03. The molecular weight excluding hydrogens is 379 g/mol. The molecule has 0 aliphatic heterocycles. The fourth-order valence-electron chi connectivity index (χ4n) is 2.71. The lowest BCUT2D eigenvalue weighted by molar-refractivity contribution is -0.137. The van der Waals surface area contributed by atoms with Gasteiger partial charge in [0, 0.05) is 18.1 Å². The number of aryl methyl sites for hydroxylation is 2. The van der Waals surface area contributed by atoms with Crippen molar-refractivity contribution >= 4 is 15.7 Å². The molecule has 2 aromatic heterocycles. The predicted octanol–water partition coefficient (Wildman–Crippen LogP) is 4.31. The Morgan fingerprint density at radius 2 is 1.70 bits per heavy atom. The van der Waals surface area contributed by atoms with Gasteiger partial charge in [-0.3, -0.25) is 9.29 Å². The summed E-state index contributed by atoms with van der Waals surface area (Å²) in [7, 11) is -3.97. The van der Waals surface area contributed by atoms with Gasteiger partial charge in [0.25, 0.3) is 10.0 Å². The Kier molecular flexibility index (Phi) is 4.73. The van der Waals surface area contributed by atoms with Crippen LogP contribution >= 0.6 is 0 Å². The molecule has 0 radical (unpaired) electrons. The number of hydrogen-bond acceptors (Lipinski definition) is 3. The molecule has 0 saturated carbocycles. The van der Waals surface area contributed by atoms with Crippen LogP contribution in [0.15, 0.2) is 59.9 Å². The van der Waals surface area contributed by atoms with E-state index in [1.807, 2.05) is 19.9 Å². The number of pyridine rings is 1. The first kappa shape index (κ1) is 19.0. The van der Waals surface area contributed by atoms with Crippen molar-refractivity contribution in [3.63, 3.8) is 0 Å². The van der Waals surface area contributed by atoms with E-state index in [0.29, 0.717) is 11.9 Å². The molecule has 3 rings (SSSR count). The minimum Gasteiger partial charge on any atom is -0.290 e. The molecule has 0 atom stereocenters. The molecule has 9 heteroatoms. The van der Waals surface area contributed by atoms with E-state index in [0.717, 1.165) is 23.3 Å². The molecule has 5 nitrogen and oxygen atoms in total. The van der Waals surface area contributed by atoms with Crippen LogP contribution in [0.4, 0.5) is 18.9 Å². The zero-order valence-electron chi connectivity index (χ0n) is 14.4. The number of nitrogens with zero attached hydrogens (tertiary/aromatic N) is 2. The molecule has 0 spiro atoms. The van der Waals surface area contributed by atoms with Crippen molar-refractivity contribution in [3.8, 4) is 5.82 Å². The van der Waals surface area contributed by atoms with Gasteiger partial charge in [-0.05, 0) is 61.4 Å². The Morgan fingerprint density at radius 3 is 2.26 bits per heavy atom. The third-order valence-corrected chi connectivity index (χ3v) is 5.17. The highest BCUT2D eigenvalue weighted by Crippen LogP contribution is 2.29. The van der Waals surface area contributed by atoms with Crippen molar-refractivity contribution < 1.29 is 21.6 Å². The van der Waals surface area contributed by atoms with Crippen molar-refractivity contribution in [1.29, 1.82) is 0 Å². The smallest absolute Gasteiger partial charge is 0.290 e. The second kappa shape index (κ2) is 6.73. The van der Waals surface area contributed by atoms with E-state index >= 15 is 0 Å². The highest BCUT2D eigenvalue weighted by atomic mass is 32.2. The van der Waals surface area contributed by atoms with Gasteiger partial charge in [-0.2, -0.15) is 21.6 Å². The number of nitrogens with one attached hydrogen (secondary N) is 1. The molecule has 0 saturated heterocycles. The zero-order valence-corrected chi connectivity index (χ0v) is 15.3. The lowest BCUT2D eigenvalue weighted by Gasteiger charge is -2.13. The number of benzene rings is 1. The fourth-order valence-corrected chi connectivity index (χ4v) is 3.91. The predicted molar refractivity (Wildman–Crippen MR) is 95.3 cm³/mol. The van der Waals surface area contributed by atoms with E-state index in [9.17, 15) is 21.6 Å². The van der Waals surface area contributed by atoms with E-state index in [-0.39, 0.29) is 10.8 Å². The average molecular weight is 395 g/mol. The summed E-state index contributed by atoms with van der Waals surface area (Å²) in [6, 6.07) is 10.1. The topological polar surface area (TPSA) is 64.0 Å². The van der Waals surface area contributed by atoms with Gasteiger partial charge in [0.1, 0.15) is 5.82 Å². The van der Waals surface area contributed by atoms with E-state index in [1.165, 1.54) is 22.9 Å². The number of hydrogen-bond donors (Lipinski definition) is 1. The fraction of sp³-hybridized carbons (Fsp3) is 0.167. The van der Waals surface area contributed by atoms with Crippen LogP contribution in [0.25, 0.3) is 5.82 Å². The van der Waals surface area contributed by atoms with Crippen LogP contribution in [0, 0.1) is 13.8 Å². The molecule has 0 bridgehead atoms. The van der Waals surface area contributed by atoms with Gasteiger partial charge >= 0.3 is 6.18 Å². The zero-order chi connectivity index (χ0) is 19.8. The Balaban J connectivity index is 1.96. The van der Waals surface area contributed by atoms with E-state index < -0.39 is 21.8 Å². The largest absolute Gasteiger partial charge is 0.417 e. The Hall–Kier alpha value is -2.81. The van der Waals surface area contributed by atoms with Crippen LogP contribution in [0.5, 0.6) is 0 Å². The summed E-state index contributed by atoms with van der Waals surface area (Å²) < 4.78 is 67.3. The summed E-state index contributed by atoms with van der Waals surface area (Å²) >= 11 is 0. The number of anilines is 1.